The largest absolute Gasteiger partial charge is 0.345 e. The lowest BCUT2D eigenvalue weighted by atomic mass is 10.3. The van der Waals surface area contributed by atoms with E-state index in [9.17, 15) is 4.79 Å². The second-order valence-electron chi connectivity index (χ2n) is 3.13. The van der Waals surface area contributed by atoms with Crippen LogP contribution in [0.15, 0.2) is 16.7 Å². The van der Waals surface area contributed by atoms with Crippen LogP contribution in [0.4, 0.5) is 0 Å². The van der Waals surface area contributed by atoms with Crippen molar-refractivity contribution in [3.8, 4) is 12.1 Å². The molecule has 0 saturated carbocycles. The fraction of sp³-hybridized carbons (Fsp3) is 0.300. The first kappa shape index (κ1) is 12.3. The van der Waals surface area contributed by atoms with E-state index in [0.29, 0.717) is 5.69 Å². The SMILES string of the molecule is Cn1cc(Br)cc1C(=O)N(CC#N)CC#N. The molecule has 0 spiro atoms. The number of aromatic nitrogens is 1. The van der Waals surface area contributed by atoms with Crippen molar-refractivity contribution < 1.29 is 4.79 Å². The summed E-state index contributed by atoms with van der Waals surface area (Å²) in [6.07, 6.45) is 1.74. The van der Waals surface area contributed by atoms with Crippen LogP contribution in [0.25, 0.3) is 0 Å². The van der Waals surface area contributed by atoms with Crippen molar-refractivity contribution in [2.45, 2.75) is 0 Å². The fourth-order valence-corrected chi connectivity index (χ4v) is 1.79. The first-order valence-electron chi connectivity index (χ1n) is 4.45. The van der Waals surface area contributed by atoms with Crippen LogP contribution in [0.1, 0.15) is 10.5 Å². The van der Waals surface area contributed by atoms with Crippen LogP contribution in [0.2, 0.25) is 0 Å². The Labute approximate surface area is 102 Å². The molecule has 0 fully saturated rings. The number of hydrogen-bond donors (Lipinski definition) is 0. The van der Waals surface area contributed by atoms with E-state index >= 15 is 0 Å². The normalized spacial score (nSPS) is 9.25. The van der Waals surface area contributed by atoms with Gasteiger partial charge in [0.1, 0.15) is 18.8 Å². The topological polar surface area (TPSA) is 72.8 Å². The minimum absolute atomic E-state index is 0.0881. The number of hydrogen-bond acceptors (Lipinski definition) is 3. The molecule has 6 heteroatoms. The number of carbonyl (C=O) groups is 1. The summed E-state index contributed by atoms with van der Waals surface area (Å²) in [5.74, 6) is -0.323. The lowest BCUT2D eigenvalue weighted by molar-refractivity contribution is 0.0785. The van der Waals surface area contributed by atoms with E-state index in [1.807, 2.05) is 12.1 Å². The van der Waals surface area contributed by atoms with Gasteiger partial charge in [0, 0.05) is 17.7 Å². The van der Waals surface area contributed by atoms with E-state index in [0.717, 1.165) is 4.47 Å². The molecule has 0 N–H and O–H groups in total. The highest BCUT2D eigenvalue weighted by Gasteiger charge is 2.18. The minimum Gasteiger partial charge on any atom is -0.345 e. The van der Waals surface area contributed by atoms with Gasteiger partial charge in [-0.2, -0.15) is 10.5 Å². The molecule has 0 aliphatic carbocycles. The summed E-state index contributed by atoms with van der Waals surface area (Å²) in [4.78, 5) is 13.1. The van der Waals surface area contributed by atoms with Gasteiger partial charge in [-0.3, -0.25) is 4.79 Å². The Bertz CT molecular complexity index is 464. The molecule has 1 amide bonds. The number of aryl methyl sites for hydroxylation is 1. The van der Waals surface area contributed by atoms with E-state index in [2.05, 4.69) is 15.9 Å². The van der Waals surface area contributed by atoms with Crippen LogP contribution in [-0.4, -0.2) is 28.5 Å². The number of rotatable bonds is 3. The summed E-state index contributed by atoms with van der Waals surface area (Å²) in [5.41, 5.74) is 0.442. The molecule has 0 atom stereocenters. The van der Waals surface area contributed by atoms with Crippen molar-refractivity contribution in [2.75, 3.05) is 13.1 Å². The predicted molar refractivity (Wildman–Crippen MR) is 60.2 cm³/mol. The Morgan fingerprint density at radius 3 is 2.44 bits per heavy atom. The minimum atomic E-state index is -0.323. The smallest absolute Gasteiger partial charge is 0.272 e. The Balaban J connectivity index is 2.96. The molecule has 0 aliphatic heterocycles. The molecule has 82 valence electrons. The van der Waals surface area contributed by atoms with Crippen LogP contribution in [0, 0.1) is 22.7 Å². The summed E-state index contributed by atoms with van der Waals surface area (Å²) >= 11 is 3.26. The molecule has 16 heavy (non-hydrogen) atoms. The Morgan fingerprint density at radius 2 is 2.06 bits per heavy atom. The van der Waals surface area contributed by atoms with Crippen LogP contribution in [-0.2, 0) is 7.05 Å². The first-order valence-corrected chi connectivity index (χ1v) is 5.24. The third-order valence-corrected chi connectivity index (χ3v) is 2.43. The molecule has 0 saturated heterocycles. The van der Waals surface area contributed by atoms with E-state index in [1.54, 1.807) is 23.9 Å². The van der Waals surface area contributed by atoms with Crippen LogP contribution < -0.4 is 0 Å². The molecule has 0 radical (unpaired) electrons. The van der Waals surface area contributed by atoms with Gasteiger partial charge in [0.2, 0.25) is 0 Å². The first-order chi connectivity index (χ1) is 7.60. The molecule has 5 nitrogen and oxygen atoms in total. The standard InChI is InChI=1S/C10H9BrN4O/c1-14-7-8(11)6-9(14)10(16)15(4-2-12)5-3-13/h6-7H,4-5H2,1H3. The molecule has 1 aromatic rings. The zero-order valence-corrected chi connectivity index (χ0v) is 10.2. The predicted octanol–water partition coefficient (Wildman–Crippen LogP) is 1.28. The molecule has 1 aromatic heterocycles. The van der Waals surface area contributed by atoms with E-state index < -0.39 is 0 Å². The van der Waals surface area contributed by atoms with Gasteiger partial charge >= 0.3 is 0 Å². The van der Waals surface area contributed by atoms with Gasteiger partial charge in [0.25, 0.3) is 5.91 Å². The molecule has 0 aliphatic rings. The Kier molecular flexibility index (Phi) is 4.10. The number of nitrogens with zero attached hydrogens (tertiary/aromatic N) is 4. The molecule has 1 heterocycles. The monoisotopic (exact) mass is 280 g/mol. The van der Waals surface area contributed by atoms with Gasteiger partial charge in [-0.25, -0.2) is 0 Å². The van der Waals surface area contributed by atoms with E-state index in [4.69, 9.17) is 10.5 Å². The summed E-state index contributed by atoms with van der Waals surface area (Å²) in [6.45, 7) is -0.176. The van der Waals surface area contributed by atoms with Gasteiger partial charge in [-0.05, 0) is 22.0 Å². The molecule has 1 rings (SSSR count). The highest BCUT2D eigenvalue weighted by atomic mass is 79.9. The van der Waals surface area contributed by atoms with E-state index in [-0.39, 0.29) is 19.0 Å². The van der Waals surface area contributed by atoms with Crippen molar-refractivity contribution in [3.05, 3.63) is 22.4 Å². The van der Waals surface area contributed by atoms with Crippen LogP contribution in [0.3, 0.4) is 0 Å². The molecule has 0 unspecified atom stereocenters. The fourth-order valence-electron chi connectivity index (χ4n) is 1.27. The van der Waals surface area contributed by atoms with Gasteiger partial charge in [-0.15, -0.1) is 0 Å². The van der Waals surface area contributed by atoms with Gasteiger partial charge in [0.05, 0.1) is 12.1 Å². The maximum Gasteiger partial charge on any atom is 0.272 e. The average molecular weight is 281 g/mol. The second-order valence-corrected chi connectivity index (χ2v) is 4.05. The summed E-state index contributed by atoms with van der Waals surface area (Å²) in [7, 11) is 1.73. The number of nitriles is 2. The van der Waals surface area contributed by atoms with E-state index in [1.165, 1.54) is 4.90 Å². The van der Waals surface area contributed by atoms with Crippen LogP contribution >= 0.6 is 15.9 Å². The highest BCUT2D eigenvalue weighted by molar-refractivity contribution is 9.10. The van der Waals surface area contributed by atoms with Gasteiger partial charge < -0.3 is 9.47 Å². The number of carbonyl (C=O) groups excluding carboxylic acids is 1. The molecular weight excluding hydrogens is 272 g/mol. The van der Waals surface area contributed by atoms with Crippen molar-refractivity contribution in [1.82, 2.24) is 9.47 Å². The lowest BCUT2D eigenvalue weighted by Gasteiger charge is -2.15. The second kappa shape index (κ2) is 5.34. The molecule has 0 aromatic carbocycles. The Hall–Kier alpha value is -1.79. The maximum atomic E-state index is 11.9. The third-order valence-electron chi connectivity index (χ3n) is 2.00. The summed E-state index contributed by atoms with van der Waals surface area (Å²) < 4.78 is 2.43. The summed E-state index contributed by atoms with van der Waals surface area (Å²) in [6, 6.07) is 5.38. The number of amides is 1. The van der Waals surface area contributed by atoms with Crippen LogP contribution in [0.5, 0.6) is 0 Å². The van der Waals surface area contributed by atoms with Crippen molar-refractivity contribution in [2.24, 2.45) is 7.05 Å². The highest BCUT2D eigenvalue weighted by Crippen LogP contribution is 2.15. The van der Waals surface area contributed by atoms with Gasteiger partial charge in [0.15, 0.2) is 0 Å². The maximum absolute atomic E-state index is 11.9. The van der Waals surface area contributed by atoms with Crippen molar-refractivity contribution in [3.63, 3.8) is 0 Å². The Morgan fingerprint density at radius 1 is 1.50 bits per heavy atom. The zero-order chi connectivity index (χ0) is 12.1. The molecule has 0 bridgehead atoms. The van der Waals surface area contributed by atoms with Crippen molar-refractivity contribution in [1.29, 1.82) is 10.5 Å². The third kappa shape index (κ3) is 2.62. The lowest BCUT2D eigenvalue weighted by Crippen LogP contribution is -2.32. The quantitative estimate of drug-likeness (QED) is 0.783. The number of halogens is 1. The summed E-state index contributed by atoms with van der Waals surface area (Å²) in [5, 5.41) is 17.1. The van der Waals surface area contributed by atoms with Crippen molar-refractivity contribution >= 4 is 21.8 Å². The molecular formula is C10H9BrN4O. The average Bonchev–Trinajstić information content (AvgIpc) is 2.56. The zero-order valence-electron chi connectivity index (χ0n) is 8.64. The van der Waals surface area contributed by atoms with Gasteiger partial charge in [-0.1, -0.05) is 0 Å².